The summed E-state index contributed by atoms with van der Waals surface area (Å²) in [6.07, 6.45) is 2.00. The first kappa shape index (κ1) is 16.7. The fourth-order valence-corrected chi connectivity index (χ4v) is 2.73. The zero-order valence-corrected chi connectivity index (χ0v) is 13.8. The van der Waals surface area contributed by atoms with Gasteiger partial charge in [-0.25, -0.2) is 4.79 Å². The van der Waals surface area contributed by atoms with Crippen LogP contribution >= 0.6 is 0 Å². The second kappa shape index (κ2) is 7.17. The number of carbonyl (C=O) groups excluding carboxylic acids is 3. The Labute approximate surface area is 145 Å². The number of aryl methyl sites for hydroxylation is 1. The maximum absolute atomic E-state index is 12.4. The van der Waals surface area contributed by atoms with Crippen LogP contribution in [0.15, 0.2) is 42.5 Å². The van der Waals surface area contributed by atoms with Crippen LogP contribution in [-0.4, -0.2) is 24.9 Å². The van der Waals surface area contributed by atoms with Gasteiger partial charge < -0.3 is 15.4 Å². The topological polar surface area (TPSA) is 84.5 Å². The van der Waals surface area contributed by atoms with E-state index in [-0.39, 0.29) is 11.8 Å². The molecular weight excluding hydrogens is 320 g/mol. The Bertz CT molecular complexity index is 828. The molecule has 2 N–H and O–H groups in total. The maximum Gasteiger partial charge on any atom is 0.337 e. The molecule has 0 fully saturated rings. The van der Waals surface area contributed by atoms with Crippen molar-refractivity contribution in [2.75, 3.05) is 17.7 Å². The second-order valence-corrected chi connectivity index (χ2v) is 5.80. The van der Waals surface area contributed by atoms with Crippen LogP contribution in [0.3, 0.4) is 0 Å². The van der Waals surface area contributed by atoms with Gasteiger partial charge in [0, 0.05) is 23.4 Å². The van der Waals surface area contributed by atoms with E-state index in [2.05, 4.69) is 15.4 Å². The summed E-state index contributed by atoms with van der Waals surface area (Å²) in [6.45, 7) is 0. The number of fused-ring (bicyclic) bond motifs is 1. The minimum atomic E-state index is -0.425. The lowest BCUT2D eigenvalue weighted by Crippen LogP contribution is -2.13. The van der Waals surface area contributed by atoms with Crippen molar-refractivity contribution in [3.63, 3.8) is 0 Å². The monoisotopic (exact) mass is 338 g/mol. The number of hydrogen-bond acceptors (Lipinski definition) is 4. The second-order valence-electron chi connectivity index (χ2n) is 5.80. The third-order valence-electron chi connectivity index (χ3n) is 4.06. The predicted molar refractivity (Wildman–Crippen MR) is 93.7 cm³/mol. The van der Waals surface area contributed by atoms with E-state index in [1.54, 1.807) is 42.5 Å². The fraction of sp³-hybridized carbons (Fsp3) is 0.211. The molecule has 0 spiro atoms. The highest BCUT2D eigenvalue weighted by atomic mass is 16.5. The summed E-state index contributed by atoms with van der Waals surface area (Å²) in [5.41, 5.74) is 3.25. The van der Waals surface area contributed by atoms with Crippen LogP contribution < -0.4 is 10.6 Å². The average molecular weight is 338 g/mol. The van der Waals surface area contributed by atoms with Gasteiger partial charge >= 0.3 is 5.97 Å². The summed E-state index contributed by atoms with van der Waals surface area (Å²) in [5.74, 6) is -0.670. The van der Waals surface area contributed by atoms with Crippen molar-refractivity contribution >= 4 is 29.2 Å². The van der Waals surface area contributed by atoms with E-state index in [0.717, 1.165) is 24.1 Å². The minimum absolute atomic E-state index is 0.00153. The molecular formula is C19H18N2O4. The summed E-state index contributed by atoms with van der Waals surface area (Å²) in [7, 11) is 1.32. The molecule has 6 nitrogen and oxygen atoms in total. The number of nitrogens with one attached hydrogen (secondary N) is 2. The minimum Gasteiger partial charge on any atom is -0.465 e. The highest BCUT2D eigenvalue weighted by Crippen LogP contribution is 2.23. The smallest absolute Gasteiger partial charge is 0.337 e. The van der Waals surface area contributed by atoms with Gasteiger partial charge in [-0.3, -0.25) is 9.59 Å². The number of methoxy groups -OCH3 is 1. The van der Waals surface area contributed by atoms with Gasteiger partial charge in [0.2, 0.25) is 5.91 Å². The van der Waals surface area contributed by atoms with E-state index in [9.17, 15) is 14.4 Å². The van der Waals surface area contributed by atoms with Crippen LogP contribution in [0.2, 0.25) is 0 Å². The molecule has 0 aromatic heterocycles. The molecule has 6 heteroatoms. The Morgan fingerprint density at radius 2 is 1.76 bits per heavy atom. The molecule has 1 heterocycles. The largest absolute Gasteiger partial charge is 0.465 e. The highest BCUT2D eigenvalue weighted by Gasteiger charge is 2.15. The summed E-state index contributed by atoms with van der Waals surface area (Å²) in [5, 5.41) is 5.64. The number of esters is 1. The van der Waals surface area contributed by atoms with Gasteiger partial charge in [-0.1, -0.05) is 0 Å². The molecule has 0 radical (unpaired) electrons. The van der Waals surface area contributed by atoms with Crippen molar-refractivity contribution in [3.05, 3.63) is 59.2 Å². The molecule has 1 aliphatic heterocycles. The molecule has 0 saturated carbocycles. The molecule has 2 aromatic carbocycles. The molecule has 128 valence electrons. The molecule has 0 aliphatic carbocycles. The Balaban J connectivity index is 1.74. The van der Waals surface area contributed by atoms with E-state index in [4.69, 9.17) is 0 Å². The fourth-order valence-electron chi connectivity index (χ4n) is 2.73. The van der Waals surface area contributed by atoms with Crippen LogP contribution in [0, 0.1) is 0 Å². The number of carbonyl (C=O) groups is 3. The Kier molecular flexibility index (Phi) is 4.79. The van der Waals surface area contributed by atoms with Crippen LogP contribution in [0.1, 0.15) is 39.1 Å². The van der Waals surface area contributed by atoms with Crippen LogP contribution in [0.25, 0.3) is 0 Å². The number of benzene rings is 2. The van der Waals surface area contributed by atoms with Crippen molar-refractivity contribution in [2.45, 2.75) is 19.3 Å². The first-order chi connectivity index (χ1) is 12.1. The number of ether oxygens (including phenoxy) is 1. The van der Waals surface area contributed by atoms with Gasteiger partial charge in [0.1, 0.15) is 0 Å². The van der Waals surface area contributed by atoms with Crippen molar-refractivity contribution in [3.8, 4) is 0 Å². The van der Waals surface area contributed by atoms with Crippen molar-refractivity contribution in [2.24, 2.45) is 0 Å². The Morgan fingerprint density at radius 1 is 1.04 bits per heavy atom. The van der Waals surface area contributed by atoms with Gasteiger partial charge in [-0.05, 0) is 60.9 Å². The number of amides is 2. The summed E-state index contributed by atoms with van der Waals surface area (Å²) in [4.78, 5) is 35.4. The first-order valence-electron chi connectivity index (χ1n) is 7.99. The average Bonchev–Trinajstić information content (AvgIpc) is 2.81. The van der Waals surface area contributed by atoms with Crippen LogP contribution in [-0.2, 0) is 16.0 Å². The SMILES string of the molecule is COC(=O)c1ccc(NC(=O)c2ccc3c(c2)CCCC(=O)N3)cc1. The molecule has 0 unspecified atom stereocenters. The zero-order chi connectivity index (χ0) is 17.8. The molecule has 3 rings (SSSR count). The Hall–Kier alpha value is -3.15. The van der Waals surface area contributed by atoms with E-state index in [1.165, 1.54) is 7.11 Å². The van der Waals surface area contributed by atoms with Crippen LogP contribution in [0.4, 0.5) is 11.4 Å². The third-order valence-corrected chi connectivity index (χ3v) is 4.06. The first-order valence-corrected chi connectivity index (χ1v) is 7.99. The number of rotatable bonds is 3. The number of hydrogen-bond donors (Lipinski definition) is 2. The highest BCUT2D eigenvalue weighted by molar-refractivity contribution is 6.05. The third kappa shape index (κ3) is 3.85. The van der Waals surface area contributed by atoms with Gasteiger partial charge in [-0.15, -0.1) is 0 Å². The van der Waals surface area contributed by atoms with Crippen molar-refractivity contribution in [1.82, 2.24) is 0 Å². The molecule has 1 aliphatic rings. The van der Waals surface area contributed by atoms with Gasteiger partial charge in [-0.2, -0.15) is 0 Å². The van der Waals surface area contributed by atoms with Crippen molar-refractivity contribution < 1.29 is 19.1 Å². The normalized spacial score (nSPS) is 13.2. The molecule has 0 atom stereocenters. The van der Waals surface area contributed by atoms with Gasteiger partial charge in [0.15, 0.2) is 0 Å². The predicted octanol–water partition coefficient (Wildman–Crippen LogP) is 3.00. The van der Waals surface area contributed by atoms with Gasteiger partial charge in [0.05, 0.1) is 12.7 Å². The van der Waals surface area contributed by atoms with E-state index >= 15 is 0 Å². The summed E-state index contributed by atoms with van der Waals surface area (Å²) < 4.78 is 4.64. The lowest BCUT2D eigenvalue weighted by molar-refractivity contribution is -0.116. The van der Waals surface area contributed by atoms with Gasteiger partial charge in [0.25, 0.3) is 5.91 Å². The lowest BCUT2D eigenvalue weighted by Gasteiger charge is -2.10. The lowest BCUT2D eigenvalue weighted by atomic mass is 10.0. The zero-order valence-electron chi connectivity index (χ0n) is 13.8. The standard InChI is InChI=1S/C19H18N2O4/c1-25-19(24)12-5-8-15(9-6-12)20-18(23)14-7-10-16-13(11-14)3-2-4-17(22)21-16/h5-11H,2-4H2,1H3,(H,20,23)(H,21,22). The molecule has 25 heavy (non-hydrogen) atoms. The van der Waals surface area contributed by atoms with E-state index in [0.29, 0.717) is 23.2 Å². The Morgan fingerprint density at radius 3 is 2.48 bits per heavy atom. The molecule has 0 bridgehead atoms. The summed E-state index contributed by atoms with van der Waals surface area (Å²) >= 11 is 0. The molecule has 0 saturated heterocycles. The molecule has 2 amide bonds. The quantitative estimate of drug-likeness (QED) is 0.843. The van der Waals surface area contributed by atoms with E-state index in [1.807, 2.05) is 0 Å². The molecule has 2 aromatic rings. The van der Waals surface area contributed by atoms with Crippen LogP contribution in [0.5, 0.6) is 0 Å². The van der Waals surface area contributed by atoms with E-state index < -0.39 is 5.97 Å². The summed E-state index contributed by atoms with van der Waals surface area (Å²) in [6, 6.07) is 11.7. The maximum atomic E-state index is 12.4. The van der Waals surface area contributed by atoms with Crippen molar-refractivity contribution in [1.29, 1.82) is 0 Å². The number of anilines is 2.